The molecular formula is C9H15N3O. The van der Waals surface area contributed by atoms with Gasteiger partial charge in [-0.3, -0.25) is 4.57 Å². The van der Waals surface area contributed by atoms with Crippen molar-refractivity contribution in [1.29, 1.82) is 0 Å². The number of aromatic amines is 1. The minimum atomic E-state index is -0.000744. The van der Waals surface area contributed by atoms with Gasteiger partial charge in [0.1, 0.15) is 0 Å². The molecule has 1 aromatic heterocycles. The van der Waals surface area contributed by atoms with Crippen LogP contribution in [0.4, 0.5) is 0 Å². The third-order valence-corrected chi connectivity index (χ3v) is 2.58. The van der Waals surface area contributed by atoms with Gasteiger partial charge in [0.05, 0.1) is 0 Å². The van der Waals surface area contributed by atoms with Crippen molar-refractivity contribution < 1.29 is 0 Å². The first-order valence-electron chi connectivity index (χ1n) is 4.82. The summed E-state index contributed by atoms with van der Waals surface area (Å²) < 4.78 is 1.72. The molecule has 4 nitrogen and oxygen atoms in total. The Morgan fingerprint density at radius 3 is 2.69 bits per heavy atom. The second kappa shape index (κ2) is 3.79. The lowest BCUT2D eigenvalue weighted by atomic mass is 10.4. The predicted octanol–water partition coefficient (Wildman–Crippen LogP) is 0.272. The summed E-state index contributed by atoms with van der Waals surface area (Å²) in [4.78, 5) is 16.1. The number of likely N-dealkylation sites (tertiary alicyclic amines) is 1. The van der Waals surface area contributed by atoms with Crippen LogP contribution in [0, 0.1) is 0 Å². The van der Waals surface area contributed by atoms with Crippen molar-refractivity contribution in [1.82, 2.24) is 14.5 Å². The fourth-order valence-electron chi connectivity index (χ4n) is 1.78. The topological polar surface area (TPSA) is 41.0 Å². The molecule has 2 rings (SSSR count). The number of nitrogens with one attached hydrogen (secondary N) is 1. The summed E-state index contributed by atoms with van der Waals surface area (Å²) in [6.45, 7) is 4.19. The molecule has 1 fully saturated rings. The summed E-state index contributed by atoms with van der Waals surface area (Å²) in [6.07, 6.45) is 6.11. The van der Waals surface area contributed by atoms with E-state index in [0.717, 1.165) is 13.1 Å². The first-order chi connectivity index (χ1) is 6.36. The highest BCUT2D eigenvalue weighted by Crippen LogP contribution is 2.06. The molecule has 0 spiro atoms. The van der Waals surface area contributed by atoms with Crippen molar-refractivity contribution in [2.45, 2.75) is 19.4 Å². The molecule has 2 heterocycles. The van der Waals surface area contributed by atoms with Gasteiger partial charge in [0.15, 0.2) is 0 Å². The SMILES string of the molecule is O=c1[nH]ccn1CCN1CCCC1. The van der Waals surface area contributed by atoms with Crippen molar-refractivity contribution in [3.63, 3.8) is 0 Å². The third-order valence-electron chi connectivity index (χ3n) is 2.58. The molecule has 1 aliphatic heterocycles. The van der Waals surface area contributed by atoms with E-state index >= 15 is 0 Å². The van der Waals surface area contributed by atoms with Crippen LogP contribution in [0.3, 0.4) is 0 Å². The molecule has 0 saturated carbocycles. The fourth-order valence-corrected chi connectivity index (χ4v) is 1.78. The van der Waals surface area contributed by atoms with Gasteiger partial charge in [-0.2, -0.15) is 0 Å². The number of nitrogens with zero attached hydrogens (tertiary/aromatic N) is 2. The van der Waals surface area contributed by atoms with E-state index in [1.54, 1.807) is 17.0 Å². The molecule has 0 amide bonds. The second-order valence-corrected chi connectivity index (χ2v) is 3.51. The van der Waals surface area contributed by atoms with E-state index in [2.05, 4.69) is 9.88 Å². The number of aromatic nitrogens is 2. The maximum atomic E-state index is 11.1. The molecule has 0 unspecified atom stereocenters. The van der Waals surface area contributed by atoms with E-state index in [9.17, 15) is 4.79 Å². The van der Waals surface area contributed by atoms with Gasteiger partial charge < -0.3 is 9.88 Å². The van der Waals surface area contributed by atoms with E-state index in [-0.39, 0.29) is 5.69 Å². The van der Waals surface area contributed by atoms with Crippen LogP contribution in [0.25, 0.3) is 0 Å². The maximum absolute atomic E-state index is 11.1. The lowest BCUT2D eigenvalue weighted by Gasteiger charge is -2.13. The number of H-pyrrole nitrogens is 1. The first-order valence-corrected chi connectivity index (χ1v) is 4.82. The molecule has 0 bridgehead atoms. The molecular weight excluding hydrogens is 166 g/mol. The van der Waals surface area contributed by atoms with Crippen LogP contribution in [0.1, 0.15) is 12.8 Å². The zero-order valence-corrected chi connectivity index (χ0v) is 7.70. The minimum absolute atomic E-state index is 0.000744. The second-order valence-electron chi connectivity index (χ2n) is 3.51. The van der Waals surface area contributed by atoms with Crippen LogP contribution < -0.4 is 5.69 Å². The van der Waals surface area contributed by atoms with Gasteiger partial charge in [-0.25, -0.2) is 4.79 Å². The Hall–Kier alpha value is -1.03. The largest absolute Gasteiger partial charge is 0.325 e. The summed E-state index contributed by atoms with van der Waals surface area (Å²) in [5, 5.41) is 0. The van der Waals surface area contributed by atoms with Gasteiger partial charge in [0.25, 0.3) is 0 Å². The Bertz CT molecular complexity index is 309. The molecule has 0 aromatic carbocycles. The minimum Gasteiger partial charge on any atom is -0.313 e. The quantitative estimate of drug-likeness (QED) is 0.727. The summed E-state index contributed by atoms with van der Waals surface area (Å²) >= 11 is 0. The Balaban J connectivity index is 1.85. The zero-order valence-electron chi connectivity index (χ0n) is 7.70. The summed E-state index contributed by atoms with van der Waals surface area (Å²) in [6, 6.07) is 0. The van der Waals surface area contributed by atoms with E-state index in [1.807, 2.05) is 0 Å². The van der Waals surface area contributed by atoms with Gasteiger partial charge in [-0.1, -0.05) is 0 Å². The predicted molar refractivity (Wildman–Crippen MR) is 50.7 cm³/mol. The summed E-state index contributed by atoms with van der Waals surface area (Å²) in [5.41, 5.74) is -0.000744. The molecule has 1 N–H and O–H groups in total. The molecule has 0 radical (unpaired) electrons. The van der Waals surface area contributed by atoms with Crippen LogP contribution in [0.5, 0.6) is 0 Å². The van der Waals surface area contributed by atoms with E-state index < -0.39 is 0 Å². The zero-order chi connectivity index (χ0) is 9.10. The van der Waals surface area contributed by atoms with Gasteiger partial charge in [0.2, 0.25) is 0 Å². The van der Waals surface area contributed by atoms with Crippen molar-refractivity contribution in [3.8, 4) is 0 Å². The molecule has 0 aliphatic carbocycles. The van der Waals surface area contributed by atoms with E-state index in [0.29, 0.717) is 0 Å². The smallest absolute Gasteiger partial charge is 0.313 e. The Kier molecular flexibility index (Phi) is 2.49. The van der Waals surface area contributed by atoms with Crippen LogP contribution in [-0.4, -0.2) is 34.1 Å². The van der Waals surface area contributed by atoms with Crippen LogP contribution in [-0.2, 0) is 6.54 Å². The Morgan fingerprint density at radius 1 is 1.31 bits per heavy atom. The number of hydrogen-bond acceptors (Lipinski definition) is 2. The molecule has 4 heteroatoms. The maximum Gasteiger partial charge on any atom is 0.325 e. The fraction of sp³-hybridized carbons (Fsp3) is 0.667. The van der Waals surface area contributed by atoms with Crippen molar-refractivity contribution in [3.05, 3.63) is 22.9 Å². The Labute approximate surface area is 77.2 Å². The highest BCUT2D eigenvalue weighted by atomic mass is 16.1. The normalized spacial score (nSPS) is 18.2. The molecule has 13 heavy (non-hydrogen) atoms. The summed E-state index contributed by atoms with van der Waals surface area (Å²) in [5.74, 6) is 0. The lowest BCUT2D eigenvalue weighted by Crippen LogP contribution is -2.27. The molecule has 72 valence electrons. The highest BCUT2D eigenvalue weighted by molar-refractivity contribution is 4.76. The third kappa shape index (κ3) is 2.01. The molecule has 1 aliphatic rings. The van der Waals surface area contributed by atoms with Gasteiger partial charge in [0, 0.05) is 25.5 Å². The van der Waals surface area contributed by atoms with Crippen molar-refractivity contribution in [2.75, 3.05) is 19.6 Å². The molecule has 1 saturated heterocycles. The standard InChI is InChI=1S/C9H15N3O/c13-9-10-3-6-12(9)8-7-11-4-1-2-5-11/h3,6H,1-2,4-5,7-8H2,(H,10,13). The van der Waals surface area contributed by atoms with E-state index in [1.165, 1.54) is 25.9 Å². The number of hydrogen-bond donors (Lipinski definition) is 1. The number of rotatable bonds is 3. The number of imidazole rings is 1. The van der Waals surface area contributed by atoms with Gasteiger partial charge in [-0.05, 0) is 25.9 Å². The molecule has 0 atom stereocenters. The first kappa shape index (κ1) is 8.56. The lowest BCUT2D eigenvalue weighted by molar-refractivity contribution is 0.321. The van der Waals surface area contributed by atoms with Crippen LogP contribution in [0.2, 0.25) is 0 Å². The monoisotopic (exact) mass is 181 g/mol. The highest BCUT2D eigenvalue weighted by Gasteiger charge is 2.10. The summed E-state index contributed by atoms with van der Waals surface area (Å²) in [7, 11) is 0. The van der Waals surface area contributed by atoms with Crippen LogP contribution >= 0.6 is 0 Å². The molecule has 1 aromatic rings. The van der Waals surface area contributed by atoms with Gasteiger partial charge in [-0.15, -0.1) is 0 Å². The average Bonchev–Trinajstić information content (AvgIpc) is 2.72. The van der Waals surface area contributed by atoms with Gasteiger partial charge >= 0.3 is 5.69 Å². The Morgan fingerprint density at radius 2 is 2.08 bits per heavy atom. The average molecular weight is 181 g/mol. The van der Waals surface area contributed by atoms with Crippen LogP contribution in [0.15, 0.2) is 17.2 Å². The van der Waals surface area contributed by atoms with Crippen molar-refractivity contribution >= 4 is 0 Å². The van der Waals surface area contributed by atoms with E-state index in [4.69, 9.17) is 0 Å². The van der Waals surface area contributed by atoms with Crippen molar-refractivity contribution in [2.24, 2.45) is 0 Å².